The van der Waals surface area contributed by atoms with Crippen LogP contribution in [0.2, 0.25) is 0 Å². The Morgan fingerprint density at radius 3 is 1.88 bits per heavy atom. The molecule has 1 N–H and O–H groups in total. The highest BCUT2D eigenvalue weighted by Gasteiger charge is 2.14. The number of ether oxygens (including phenoxy) is 1. The summed E-state index contributed by atoms with van der Waals surface area (Å²) >= 11 is 0. The highest BCUT2D eigenvalue weighted by Crippen LogP contribution is 2.16. The Morgan fingerprint density at radius 2 is 1.34 bits per heavy atom. The monoisotopic (exact) mass is 427 g/mol. The molecule has 0 saturated heterocycles. The fraction of sp³-hybridized carbons (Fsp3) is 0.115. The third-order valence-electron chi connectivity index (χ3n) is 4.73. The fourth-order valence-corrected chi connectivity index (χ4v) is 2.99. The van der Waals surface area contributed by atoms with Gasteiger partial charge in [-0.2, -0.15) is 5.10 Å². The second kappa shape index (κ2) is 10.7. The molecule has 0 aliphatic heterocycles. The van der Waals surface area contributed by atoms with E-state index >= 15 is 0 Å². The van der Waals surface area contributed by atoms with E-state index in [2.05, 4.69) is 10.5 Å². The van der Waals surface area contributed by atoms with Crippen LogP contribution in [0.1, 0.15) is 21.5 Å². The second-order valence-corrected chi connectivity index (χ2v) is 7.16. The first kappa shape index (κ1) is 22.5. The first-order chi connectivity index (χ1) is 15.5. The van der Waals surface area contributed by atoms with Gasteiger partial charge in [-0.15, -0.1) is 0 Å². The molecule has 0 saturated carbocycles. The second-order valence-electron chi connectivity index (χ2n) is 7.16. The van der Waals surface area contributed by atoms with Crippen molar-refractivity contribution in [2.45, 2.75) is 0 Å². The van der Waals surface area contributed by atoms with Gasteiger partial charge in [-0.25, -0.2) is 4.79 Å². The van der Waals surface area contributed by atoms with E-state index in [1.54, 1.807) is 24.3 Å². The Balaban J connectivity index is 1.98. The number of esters is 1. The largest absolute Gasteiger partial charge is 0.464 e. The average molecular weight is 428 g/mol. The van der Waals surface area contributed by atoms with E-state index in [0.717, 1.165) is 16.8 Å². The first-order valence-electron chi connectivity index (χ1n) is 10.1. The van der Waals surface area contributed by atoms with E-state index in [1.165, 1.54) is 13.2 Å². The van der Waals surface area contributed by atoms with Gasteiger partial charge in [0.15, 0.2) is 5.78 Å². The van der Waals surface area contributed by atoms with Crippen molar-refractivity contribution >= 4 is 23.2 Å². The van der Waals surface area contributed by atoms with Gasteiger partial charge in [-0.05, 0) is 12.1 Å². The molecule has 0 heterocycles. The van der Waals surface area contributed by atoms with Crippen molar-refractivity contribution in [1.29, 1.82) is 0 Å². The summed E-state index contributed by atoms with van der Waals surface area (Å²) < 4.78 is 4.84. The number of methoxy groups -OCH3 is 1. The highest BCUT2D eigenvalue weighted by molar-refractivity contribution is 6.13. The van der Waals surface area contributed by atoms with E-state index in [9.17, 15) is 9.59 Å². The Morgan fingerprint density at radius 1 is 0.812 bits per heavy atom. The van der Waals surface area contributed by atoms with Gasteiger partial charge in [0.1, 0.15) is 5.70 Å². The molecule has 32 heavy (non-hydrogen) atoms. The standard InChI is InChI=1S/C26H25N3O3/c1-29(2)22-16-14-21(15-17-22)25(20-12-8-5-9-13-20)28-27-23(26(31)32-3)18-24(30)19-10-6-4-7-11-19/h4-18,27H,1-3H3/b23-18-,28-25-. The number of hydrogen-bond donors (Lipinski definition) is 1. The van der Waals surface area contributed by atoms with Crippen LogP contribution < -0.4 is 10.3 Å². The number of ketones is 1. The Labute approximate surface area is 187 Å². The molecule has 0 radical (unpaired) electrons. The maximum Gasteiger partial charge on any atom is 0.356 e. The summed E-state index contributed by atoms with van der Waals surface area (Å²) in [5, 5.41) is 4.49. The van der Waals surface area contributed by atoms with Crippen LogP contribution in [-0.4, -0.2) is 38.7 Å². The van der Waals surface area contributed by atoms with Crippen molar-refractivity contribution in [2.24, 2.45) is 5.10 Å². The predicted octanol–water partition coefficient (Wildman–Crippen LogP) is 4.03. The van der Waals surface area contributed by atoms with Gasteiger partial charge in [-0.1, -0.05) is 72.8 Å². The van der Waals surface area contributed by atoms with Gasteiger partial charge in [-0.3, -0.25) is 10.2 Å². The Kier molecular flexibility index (Phi) is 7.54. The summed E-state index contributed by atoms with van der Waals surface area (Å²) in [6.45, 7) is 0. The maximum atomic E-state index is 12.6. The average Bonchev–Trinajstić information content (AvgIpc) is 2.84. The zero-order chi connectivity index (χ0) is 22.9. The van der Waals surface area contributed by atoms with Crippen molar-refractivity contribution < 1.29 is 14.3 Å². The summed E-state index contributed by atoms with van der Waals surface area (Å²) in [7, 11) is 5.20. The summed E-state index contributed by atoms with van der Waals surface area (Å²) in [6, 6.07) is 26.2. The molecular formula is C26H25N3O3. The summed E-state index contributed by atoms with van der Waals surface area (Å²) in [5.41, 5.74) is 6.54. The molecule has 162 valence electrons. The van der Waals surface area contributed by atoms with E-state index in [-0.39, 0.29) is 11.5 Å². The summed E-state index contributed by atoms with van der Waals surface area (Å²) in [6.07, 6.45) is 1.20. The van der Waals surface area contributed by atoms with Gasteiger partial charge < -0.3 is 9.64 Å². The number of hydrazone groups is 1. The molecule has 0 aliphatic rings. The molecule has 0 fully saturated rings. The fourth-order valence-electron chi connectivity index (χ4n) is 2.99. The lowest BCUT2D eigenvalue weighted by Crippen LogP contribution is -2.21. The molecular weight excluding hydrogens is 402 g/mol. The van der Waals surface area contributed by atoms with Gasteiger partial charge in [0.05, 0.1) is 12.8 Å². The number of benzene rings is 3. The summed E-state index contributed by atoms with van der Waals surface area (Å²) in [5.74, 6) is -1.02. The van der Waals surface area contributed by atoms with Crippen LogP contribution in [0.25, 0.3) is 0 Å². The number of allylic oxidation sites excluding steroid dienone is 1. The van der Waals surface area contributed by atoms with Crippen LogP contribution in [0, 0.1) is 0 Å². The first-order valence-corrected chi connectivity index (χ1v) is 10.1. The SMILES string of the molecule is COC(=O)/C(=C/C(=O)c1ccccc1)N/N=C(/c1ccccc1)c1ccc(N(C)C)cc1. The molecule has 0 aliphatic carbocycles. The molecule has 6 nitrogen and oxygen atoms in total. The van der Waals surface area contributed by atoms with E-state index in [0.29, 0.717) is 11.3 Å². The van der Waals surface area contributed by atoms with Gasteiger partial charge in [0.25, 0.3) is 0 Å². The Hall–Kier alpha value is -4.19. The number of carbonyl (C=O) groups is 2. The molecule has 6 heteroatoms. The smallest absolute Gasteiger partial charge is 0.356 e. The number of nitrogens with zero attached hydrogens (tertiary/aromatic N) is 2. The number of rotatable bonds is 8. The number of carbonyl (C=O) groups excluding carboxylic acids is 2. The summed E-state index contributed by atoms with van der Waals surface area (Å²) in [4.78, 5) is 26.9. The minimum atomic E-state index is -0.687. The van der Waals surface area contributed by atoms with Crippen molar-refractivity contribution in [1.82, 2.24) is 5.43 Å². The number of anilines is 1. The quantitative estimate of drug-likeness (QED) is 0.193. The molecule has 0 bridgehead atoms. The minimum Gasteiger partial charge on any atom is -0.464 e. The van der Waals surface area contributed by atoms with Gasteiger partial charge in [0, 0.05) is 42.5 Å². The third-order valence-corrected chi connectivity index (χ3v) is 4.73. The van der Waals surface area contributed by atoms with Crippen LogP contribution >= 0.6 is 0 Å². The zero-order valence-electron chi connectivity index (χ0n) is 18.3. The molecule has 0 atom stereocenters. The topological polar surface area (TPSA) is 71.0 Å². The molecule has 0 unspecified atom stereocenters. The molecule has 0 amide bonds. The molecule has 3 aromatic rings. The molecule has 0 aromatic heterocycles. The van der Waals surface area contributed by atoms with Crippen molar-refractivity contribution in [3.63, 3.8) is 0 Å². The highest BCUT2D eigenvalue weighted by atomic mass is 16.5. The predicted molar refractivity (Wildman–Crippen MR) is 127 cm³/mol. The third kappa shape index (κ3) is 5.70. The maximum absolute atomic E-state index is 12.6. The van der Waals surface area contributed by atoms with Crippen LogP contribution in [0.5, 0.6) is 0 Å². The molecule has 3 aromatic carbocycles. The molecule has 3 rings (SSSR count). The van der Waals surface area contributed by atoms with Crippen molar-refractivity contribution in [3.05, 3.63) is 113 Å². The van der Waals surface area contributed by atoms with Gasteiger partial charge in [0.2, 0.25) is 0 Å². The lowest BCUT2D eigenvalue weighted by atomic mass is 10.0. The number of hydrogen-bond acceptors (Lipinski definition) is 6. The van der Waals surface area contributed by atoms with Crippen molar-refractivity contribution in [3.8, 4) is 0 Å². The van der Waals surface area contributed by atoms with Crippen molar-refractivity contribution in [2.75, 3.05) is 26.1 Å². The van der Waals surface area contributed by atoms with E-state index in [4.69, 9.17) is 4.74 Å². The van der Waals surface area contributed by atoms with Gasteiger partial charge >= 0.3 is 5.97 Å². The lowest BCUT2D eigenvalue weighted by molar-refractivity contribution is -0.136. The number of nitrogens with one attached hydrogen (secondary N) is 1. The minimum absolute atomic E-state index is 0.0558. The normalized spacial score (nSPS) is 11.6. The Bertz CT molecular complexity index is 1120. The van der Waals surface area contributed by atoms with Crippen LogP contribution in [0.3, 0.4) is 0 Å². The lowest BCUT2D eigenvalue weighted by Gasteiger charge is -2.14. The van der Waals surface area contributed by atoms with E-state index in [1.807, 2.05) is 79.7 Å². The van der Waals surface area contributed by atoms with Crippen LogP contribution in [0.4, 0.5) is 5.69 Å². The molecule has 0 spiro atoms. The van der Waals surface area contributed by atoms with Crippen LogP contribution in [-0.2, 0) is 9.53 Å². The van der Waals surface area contributed by atoms with E-state index < -0.39 is 5.97 Å². The zero-order valence-corrected chi connectivity index (χ0v) is 18.3. The van der Waals surface area contributed by atoms with Crippen LogP contribution in [0.15, 0.2) is 102 Å².